The Bertz CT molecular complexity index is 792. The van der Waals surface area contributed by atoms with Gasteiger partial charge in [0.05, 0.1) is 11.1 Å². The maximum atomic E-state index is 13.5. The molecule has 29 heavy (non-hydrogen) atoms. The van der Waals surface area contributed by atoms with Crippen LogP contribution < -0.4 is 15.4 Å². The zero-order valence-electron chi connectivity index (χ0n) is 16.5. The van der Waals surface area contributed by atoms with Gasteiger partial charge < -0.3 is 15.4 Å². The average Bonchev–Trinajstić information content (AvgIpc) is 3.16. The monoisotopic (exact) mass is 423 g/mol. The molecule has 8 heteroatoms. The van der Waals surface area contributed by atoms with Gasteiger partial charge in [-0.1, -0.05) is 11.6 Å². The molecule has 2 N–H and O–H groups in total. The fraction of sp³-hybridized carbons (Fsp3) is 0.619. The lowest BCUT2D eigenvalue weighted by molar-refractivity contribution is -0.126. The molecular formula is C21H27ClFN3O3. The van der Waals surface area contributed by atoms with Gasteiger partial charge in [-0.25, -0.2) is 4.39 Å². The first-order valence-corrected chi connectivity index (χ1v) is 10.7. The molecule has 3 aliphatic rings. The summed E-state index contributed by atoms with van der Waals surface area (Å²) < 4.78 is 18.8. The van der Waals surface area contributed by atoms with Crippen molar-refractivity contribution in [3.8, 4) is 5.75 Å². The van der Waals surface area contributed by atoms with Crippen LogP contribution in [0.3, 0.4) is 0 Å². The third-order valence-corrected chi connectivity index (χ3v) is 6.99. The Morgan fingerprint density at radius 3 is 2.55 bits per heavy atom. The number of likely N-dealkylation sites (tertiary alicyclic amines) is 1. The summed E-state index contributed by atoms with van der Waals surface area (Å²) in [6.07, 6.45) is 4.86. The summed E-state index contributed by atoms with van der Waals surface area (Å²) in [4.78, 5) is 27.1. The van der Waals surface area contributed by atoms with Crippen LogP contribution in [0.4, 0.5) is 4.39 Å². The van der Waals surface area contributed by atoms with Crippen LogP contribution in [0, 0.1) is 17.7 Å². The summed E-state index contributed by atoms with van der Waals surface area (Å²) in [6.45, 7) is 0.782. The highest BCUT2D eigenvalue weighted by atomic mass is 35.5. The number of ether oxygens (including phenoxy) is 1. The molecule has 4 unspecified atom stereocenters. The van der Waals surface area contributed by atoms with Gasteiger partial charge in [0, 0.05) is 18.2 Å². The Kier molecular flexibility index (Phi) is 5.97. The summed E-state index contributed by atoms with van der Waals surface area (Å²) in [5.74, 6) is 0.394. The Balaban J connectivity index is 1.27. The second-order valence-corrected chi connectivity index (χ2v) is 8.84. The van der Waals surface area contributed by atoms with Gasteiger partial charge in [-0.05, 0) is 69.7 Å². The van der Waals surface area contributed by atoms with Crippen LogP contribution in [-0.4, -0.2) is 55.0 Å². The topological polar surface area (TPSA) is 70.7 Å². The SMILES string of the molecule is CN1CCCC1C(=O)NC1C[C@H](NC(=O)COc2ccc(Cl)c(F)c2)C2CCC12. The van der Waals surface area contributed by atoms with Crippen LogP contribution >= 0.6 is 11.6 Å². The largest absolute Gasteiger partial charge is 0.484 e. The van der Waals surface area contributed by atoms with E-state index in [9.17, 15) is 14.0 Å². The lowest BCUT2D eigenvalue weighted by Crippen LogP contribution is -2.48. The first-order valence-electron chi connectivity index (χ1n) is 10.3. The number of nitrogens with zero attached hydrogens (tertiary/aromatic N) is 1. The lowest BCUT2D eigenvalue weighted by atomic mass is 9.73. The molecule has 2 aliphatic carbocycles. The number of nitrogens with one attached hydrogen (secondary N) is 2. The zero-order valence-corrected chi connectivity index (χ0v) is 17.3. The van der Waals surface area contributed by atoms with E-state index in [0.29, 0.717) is 11.8 Å². The number of hydrogen-bond donors (Lipinski definition) is 2. The molecule has 0 spiro atoms. The van der Waals surface area contributed by atoms with Crippen molar-refractivity contribution in [2.45, 2.75) is 50.2 Å². The molecule has 1 aromatic carbocycles. The van der Waals surface area contributed by atoms with Crippen LogP contribution in [0.5, 0.6) is 5.75 Å². The molecule has 5 atom stereocenters. The number of rotatable bonds is 6. The number of carbonyl (C=O) groups is 2. The van der Waals surface area contributed by atoms with Crippen molar-refractivity contribution in [1.82, 2.24) is 15.5 Å². The smallest absolute Gasteiger partial charge is 0.258 e. The molecule has 0 bridgehead atoms. The Morgan fingerprint density at radius 1 is 1.21 bits per heavy atom. The number of fused-ring (bicyclic) bond motifs is 1. The average molecular weight is 424 g/mol. The van der Waals surface area contributed by atoms with E-state index in [4.69, 9.17) is 16.3 Å². The van der Waals surface area contributed by atoms with E-state index in [1.165, 1.54) is 18.2 Å². The predicted molar refractivity (Wildman–Crippen MR) is 107 cm³/mol. The van der Waals surface area contributed by atoms with Crippen molar-refractivity contribution < 1.29 is 18.7 Å². The van der Waals surface area contributed by atoms with Gasteiger partial charge in [0.15, 0.2) is 6.61 Å². The fourth-order valence-electron chi connectivity index (χ4n) is 4.99. The van der Waals surface area contributed by atoms with Gasteiger partial charge >= 0.3 is 0 Å². The molecule has 158 valence electrons. The maximum Gasteiger partial charge on any atom is 0.258 e. The van der Waals surface area contributed by atoms with Crippen LogP contribution in [-0.2, 0) is 9.59 Å². The highest BCUT2D eigenvalue weighted by Crippen LogP contribution is 2.47. The second kappa shape index (κ2) is 8.48. The molecule has 0 aromatic heterocycles. The third-order valence-electron chi connectivity index (χ3n) is 6.68. The fourth-order valence-corrected chi connectivity index (χ4v) is 5.11. The molecule has 3 fully saturated rings. The van der Waals surface area contributed by atoms with Gasteiger partial charge in [-0.3, -0.25) is 14.5 Å². The molecule has 1 heterocycles. The van der Waals surface area contributed by atoms with E-state index in [1.807, 2.05) is 7.05 Å². The predicted octanol–water partition coefficient (Wildman–Crippen LogP) is 2.35. The van der Waals surface area contributed by atoms with E-state index in [-0.39, 0.29) is 47.3 Å². The van der Waals surface area contributed by atoms with Crippen molar-refractivity contribution in [2.75, 3.05) is 20.2 Å². The van der Waals surface area contributed by atoms with E-state index in [2.05, 4.69) is 15.5 Å². The van der Waals surface area contributed by atoms with Gasteiger partial charge in [0.25, 0.3) is 5.91 Å². The minimum atomic E-state index is -0.579. The second-order valence-electron chi connectivity index (χ2n) is 8.43. The van der Waals surface area contributed by atoms with Crippen molar-refractivity contribution in [3.05, 3.63) is 29.0 Å². The highest BCUT2D eigenvalue weighted by Gasteiger charge is 2.49. The standard InChI is InChI=1S/C21H27ClFN3O3/c1-26-8-2-3-19(26)21(28)25-18-10-17(13-5-6-14(13)18)24-20(27)11-29-12-4-7-15(22)16(23)9-12/h4,7,9,13-14,17-19H,2-3,5-6,8,10-11H2,1H3,(H,24,27)(H,25,28)/t13?,14?,17-,18?,19?/m0/s1. The minimum absolute atomic E-state index is 0.0145. The Labute approximate surface area is 175 Å². The molecule has 4 rings (SSSR count). The van der Waals surface area contributed by atoms with E-state index >= 15 is 0 Å². The molecular weight excluding hydrogens is 397 g/mol. The van der Waals surface area contributed by atoms with Gasteiger partial charge in [-0.15, -0.1) is 0 Å². The third kappa shape index (κ3) is 4.36. The first kappa shape index (κ1) is 20.4. The number of hydrogen-bond acceptors (Lipinski definition) is 4. The summed E-state index contributed by atoms with van der Waals surface area (Å²) >= 11 is 5.65. The van der Waals surface area contributed by atoms with Gasteiger partial charge in [0.1, 0.15) is 11.6 Å². The van der Waals surface area contributed by atoms with Crippen LogP contribution in [0.1, 0.15) is 32.1 Å². The number of halogens is 2. The number of carbonyl (C=O) groups excluding carboxylic acids is 2. The van der Waals surface area contributed by atoms with Gasteiger partial charge in [0.2, 0.25) is 5.91 Å². The van der Waals surface area contributed by atoms with E-state index < -0.39 is 5.82 Å². The Hall–Kier alpha value is -1.86. The molecule has 2 amide bonds. The zero-order chi connectivity index (χ0) is 20.5. The summed E-state index contributed by atoms with van der Waals surface area (Å²) in [5.41, 5.74) is 0. The van der Waals surface area contributed by atoms with Crippen LogP contribution in [0.25, 0.3) is 0 Å². The number of benzene rings is 1. The van der Waals surface area contributed by atoms with Crippen molar-refractivity contribution in [1.29, 1.82) is 0 Å². The molecule has 1 saturated heterocycles. The molecule has 1 aromatic rings. The van der Waals surface area contributed by atoms with Crippen molar-refractivity contribution in [3.63, 3.8) is 0 Å². The minimum Gasteiger partial charge on any atom is -0.484 e. The lowest BCUT2D eigenvalue weighted by Gasteiger charge is -2.36. The summed E-state index contributed by atoms with van der Waals surface area (Å²) in [6, 6.07) is 4.22. The normalized spacial score (nSPS) is 31.1. The van der Waals surface area contributed by atoms with Crippen molar-refractivity contribution in [2.24, 2.45) is 11.8 Å². The maximum absolute atomic E-state index is 13.5. The quantitative estimate of drug-likeness (QED) is 0.736. The van der Waals surface area contributed by atoms with E-state index in [0.717, 1.165) is 38.6 Å². The Morgan fingerprint density at radius 2 is 1.93 bits per heavy atom. The molecule has 1 aliphatic heterocycles. The molecule has 0 radical (unpaired) electrons. The number of amides is 2. The van der Waals surface area contributed by atoms with Crippen LogP contribution in [0.2, 0.25) is 5.02 Å². The summed E-state index contributed by atoms with van der Waals surface area (Å²) in [5, 5.41) is 6.30. The summed E-state index contributed by atoms with van der Waals surface area (Å²) in [7, 11) is 1.99. The number of likely N-dealkylation sites (N-methyl/N-ethyl adjacent to an activating group) is 1. The molecule has 6 nitrogen and oxygen atoms in total. The molecule has 2 saturated carbocycles. The van der Waals surface area contributed by atoms with Gasteiger partial charge in [-0.2, -0.15) is 0 Å². The highest BCUT2D eigenvalue weighted by molar-refractivity contribution is 6.30. The van der Waals surface area contributed by atoms with Crippen LogP contribution in [0.15, 0.2) is 18.2 Å². The van der Waals surface area contributed by atoms with Crippen molar-refractivity contribution >= 4 is 23.4 Å². The first-order chi connectivity index (χ1) is 13.9. The van der Waals surface area contributed by atoms with E-state index in [1.54, 1.807) is 0 Å².